The molecule has 2 amide bonds. The van der Waals surface area contributed by atoms with Gasteiger partial charge >= 0.3 is 0 Å². The van der Waals surface area contributed by atoms with Crippen LogP contribution in [0.2, 0.25) is 0 Å². The second-order valence-electron chi connectivity index (χ2n) is 6.84. The number of hydrogen-bond donors (Lipinski definition) is 1. The van der Waals surface area contributed by atoms with Crippen LogP contribution in [0.1, 0.15) is 46.2 Å². The van der Waals surface area contributed by atoms with E-state index in [1.165, 1.54) is 0 Å². The van der Waals surface area contributed by atoms with Crippen molar-refractivity contribution in [2.75, 3.05) is 13.1 Å². The van der Waals surface area contributed by atoms with E-state index >= 15 is 0 Å². The van der Waals surface area contributed by atoms with Gasteiger partial charge in [0.15, 0.2) is 0 Å². The first-order chi connectivity index (χ1) is 12.5. The number of piperidine rings is 1. The Morgan fingerprint density at radius 2 is 2.19 bits per heavy atom. The van der Waals surface area contributed by atoms with Gasteiger partial charge in [-0.2, -0.15) is 5.10 Å². The lowest BCUT2D eigenvalue weighted by Gasteiger charge is -2.45. The third-order valence-corrected chi connectivity index (χ3v) is 5.15. The van der Waals surface area contributed by atoms with Gasteiger partial charge in [0, 0.05) is 25.2 Å². The van der Waals surface area contributed by atoms with E-state index in [1.807, 2.05) is 30.7 Å². The van der Waals surface area contributed by atoms with Crippen LogP contribution in [-0.4, -0.2) is 45.3 Å². The van der Waals surface area contributed by atoms with Gasteiger partial charge in [0.1, 0.15) is 5.75 Å². The summed E-state index contributed by atoms with van der Waals surface area (Å²) in [5, 5.41) is 7.24. The molecule has 2 aliphatic heterocycles. The van der Waals surface area contributed by atoms with Crippen molar-refractivity contribution >= 4 is 11.8 Å². The Morgan fingerprint density at radius 1 is 1.38 bits per heavy atom. The molecule has 0 saturated carbocycles. The highest BCUT2D eigenvalue weighted by atomic mass is 16.5. The fourth-order valence-electron chi connectivity index (χ4n) is 3.78. The Labute approximate surface area is 151 Å². The van der Waals surface area contributed by atoms with E-state index < -0.39 is 5.72 Å². The molecule has 3 heterocycles. The first-order valence-electron chi connectivity index (χ1n) is 8.95. The minimum atomic E-state index is -0.867. The third-order valence-electron chi connectivity index (χ3n) is 5.15. The van der Waals surface area contributed by atoms with Crippen molar-refractivity contribution in [1.82, 2.24) is 20.0 Å². The molecule has 26 heavy (non-hydrogen) atoms. The average molecular weight is 354 g/mol. The van der Waals surface area contributed by atoms with Crippen LogP contribution in [0.5, 0.6) is 5.75 Å². The Balaban J connectivity index is 1.59. The Kier molecular flexibility index (Phi) is 3.94. The molecule has 136 valence electrons. The van der Waals surface area contributed by atoms with Crippen LogP contribution in [0, 0.1) is 6.92 Å². The molecule has 0 aliphatic carbocycles. The van der Waals surface area contributed by atoms with Gasteiger partial charge in [-0.05, 0) is 32.4 Å². The van der Waals surface area contributed by atoms with Gasteiger partial charge in [0.2, 0.25) is 5.72 Å². The van der Waals surface area contributed by atoms with E-state index in [4.69, 9.17) is 4.74 Å². The van der Waals surface area contributed by atoms with Crippen LogP contribution in [0.25, 0.3) is 0 Å². The molecule has 0 unspecified atom stereocenters. The zero-order valence-corrected chi connectivity index (χ0v) is 15.0. The molecule has 0 bridgehead atoms. The number of hydrogen-bond acceptors (Lipinski definition) is 4. The average Bonchev–Trinajstić information content (AvgIpc) is 3.01. The van der Waals surface area contributed by atoms with E-state index in [0.29, 0.717) is 36.4 Å². The first-order valence-corrected chi connectivity index (χ1v) is 8.95. The van der Waals surface area contributed by atoms with Gasteiger partial charge in [0.25, 0.3) is 11.8 Å². The standard InChI is InChI=1S/C19H22N4O3/c1-3-23-13(2)15(11-20-23)18(25)22-10-6-9-19(12-22)21-17(24)14-7-4-5-8-16(14)26-19/h4-5,7-8,11H,3,6,9-10,12H2,1-2H3,(H,21,24)/t19-/m0/s1. The van der Waals surface area contributed by atoms with Crippen molar-refractivity contribution < 1.29 is 14.3 Å². The van der Waals surface area contributed by atoms with E-state index in [1.54, 1.807) is 23.2 Å². The largest absolute Gasteiger partial charge is 0.465 e. The fraction of sp³-hybridized carbons (Fsp3) is 0.421. The molecule has 1 saturated heterocycles. The summed E-state index contributed by atoms with van der Waals surface area (Å²) in [5.41, 5.74) is 1.12. The molecule has 2 aromatic rings. The highest BCUT2D eigenvalue weighted by Crippen LogP contribution is 2.33. The summed E-state index contributed by atoms with van der Waals surface area (Å²) >= 11 is 0. The minimum Gasteiger partial charge on any atom is -0.465 e. The maximum absolute atomic E-state index is 13.0. The van der Waals surface area contributed by atoms with Gasteiger partial charge in [0.05, 0.1) is 23.9 Å². The summed E-state index contributed by atoms with van der Waals surface area (Å²) in [7, 11) is 0. The van der Waals surface area contributed by atoms with Crippen LogP contribution >= 0.6 is 0 Å². The number of nitrogens with one attached hydrogen (secondary N) is 1. The second kappa shape index (κ2) is 6.16. The Morgan fingerprint density at radius 3 is 2.96 bits per heavy atom. The lowest BCUT2D eigenvalue weighted by Crippen LogP contribution is -2.64. The van der Waals surface area contributed by atoms with Gasteiger partial charge in [-0.25, -0.2) is 0 Å². The predicted molar refractivity (Wildman–Crippen MR) is 95.0 cm³/mol. The van der Waals surface area contributed by atoms with Crippen LogP contribution in [0.3, 0.4) is 0 Å². The maximum atomic E-state index is 13.0. The van der Waals surface area contributed by atoms with Crippen molar-refractivity contribution in [1.29, 1.82) is 0 Å². The molecular formula is C19H22N4O3. The molecule has 0 radical (unpaired) electrons. The summed E-state index contributed by atoms with van der Waals surface area (Å²) in [6.07, 6.45) is 3.05. The number of nitrogens with zero attached hydrogens (tertiary/aromatic N) is 3. The predicted octanol–water partition coefficient (Wildman–Crippen LogP) is 1.97. The van der Waals surface area contributed by atoms with E-state index in [0.717, 1.165) is 18.7 Å². The summed E-state index contributed by atoms with van der Waals surface area (Å²) in [6.45, 7) is 5.57. The highest BCUT2D eigenvalue weighted by Gasteiger charge is 2.44. The molecular weight excluding hydrogens is 332 g/mol. The number of carbonyl (C=O) groups is 2. The molecule has 1 aromatic carbocycles. The summed E-state index contributed by atoms with van der Waals surface area (Å²) in [5.74, 6) is 0.342. The number of rotatable bonds is 2. The van der Waals surface area contributed by atoms with Gasteiger partial charge in [-0.3, -0.25) is 14.3 Å². The van der Waals surface area contributed by atoms with Gasteiger partial charge in [-0.15, -0.1) is 0 Å². The number of carbonyl (C=O) groups excluding carboxylic acids is 2. The van der Waals surface area contributed by atoms with Crippen LogP contribution < -0.4 is 10.1 Å². The number of para-hydroxylation sites is 1. The Bertz CT molecular complexity index is 875. The monoisotopic (exact) mass is 354 g/mol. The SMILES string of the molecule is CCn1ncc(C(=O)N2CCC[C@]3(C2)NC(=O)c2ccccc2O3)c1C. The van der Waals surface area contributed by atoms with E-state index in [2.05, 4.69) is 10.4 Å². The van der Waals surface area contributed by atoms with Crippen molar-refractivity contribution in [2.24, 2.45) is 0 Å². The number of aryl methyl sites for hydroxylation is 1. The number of aromatic nitrogens is 2. The van der Waals surface area contributed by atoms with Crippen molar-refractivity contribution in [3.05, 3.63) is 47.3 Å². The molecule has 1 atom stereocenters. The van der Waals surface area contributed by atoms with Crippen LogP contribution in [0.4, 0.5) is 0 Å². The number of benzene rings is 1. The number of ether oxygens (including phenoxy) is 1. The lowest BCUT2D eigenvalue weighted by atomic mass is 9.97. The highest BCUT2D eigenvalue weighted by molar-refractivity contribution is 5.98. The van der Waals surface area contributed by atoms with Crippen molar-refractivity contribution in [2.45, 2.75) is 39.0 Å². The number of amides is 2. The van der Waals surface area contributed by atoms with Crippen molar-refractivity contribution in [3.63, 3.8) is 0 Å². The zero-order chi connectivity index (χ0) is 18.3. The normalized spacial score (nSPS) is 21.9. The smallest absolute Gasteiger partial charge is 0.258 e. The lowest BCUT2D eigenvalue weighted by molar-refractivity contribution is -0.0314. The fourth-order valence-corrected chi connectivity index (χ4v) is 3.78. The molecule has 1 aromatic heterocycles. The topological polar surface area (TPSA) is 76.5 Å². The molecule has 2 aliphatic rings. The van der Waals surface area contributed by atoms with Crippen LogP contribution in [0.15, 0.2) is 30.5 Å². The maximum Gasteiger partial charge on any atom is 0.258 e. The summed E-state index contributed by atoms with van der Waals surface area (Å²) in [6, 6.07) is 7.20. The van der Waals surface area contributed by atoms with Gasteiger partial charge in [-0.1, -0.05) is 12.1 Å². The molecule has 7 nitrogen and oxygen atoms in total. The Hall–Kier alpha value is -2.83. The molecule has 1 N–H and O–H groups in total. The summed E-state index contributed by atoms with van der Waals surface area (Å²) in [4.78, 5) is 27.3. The van der Waals surface area contributed by atoms with Crippen molar-refractivity contribution in [3.8, 4) is 5.75 Å². The van der Waals surface area contributed by atoms with E-state index in [9.17, 15) is 9.59 Å². The quantitative estimate of drug-likeness (QED) is 0.894. The molecule has 4 rings (SSSR count). The third kappa shape index (κ3) is 2.64. The molecule has 1 fully saturated rings. The first kappa shape index (κ1) is 16.6. The number of likely N-dealkylation sites (tertiary alicyclic amines) is 1. The van der Waals surface area contributed by atoms with E-state index in [-0.39, 0.29) is 11.8 Å². The molecule has 1 spiro atoms. The zero-order valence-electron chi connectivity index (χ0n) is 15.0. The van der Waals surface area contributed by atoms with Crippen LogP contribution in [-0.2, 0) is 6.54 Å². The minimum absolute atomic E-state index is 0.0713. The summed E-state index contributed by atoms with van der Waals surface area (Å²) < 4.78 is 7.96. The van der Waals surface area contributed by atoms with Gasteiger partial charge < -0.3 is 15.0 Å². The number of fused-ring (bicyclic) bond motifs is 1. The molecule has 7 heteroatoms. The second-order valence-corrected chi connectivity index (χ2v) is 6.84.